The molecular formula is C10H13N3O5S. The number of carbonyl (C=O) groups is 1. The number of rotatable bonds is 5. The summed E-state index contributed by atoms with van der Waals surface area (Å²) in [5.41, 5.74) is 0.267. The van der Waals surface area contributed by atoms with Crippen molar-refractivity contribution < 1.29 is 18.1 Å². The number of benzene rings is 1. The molecular weight excluding hydrogens is 274 g/mol. The summed E-state index contributed by atoms with van der Waals surface area (Å²) in [6.45, 7) is -0.324. The molecule has 8 nitrogen and oxygen atoms in total. The average molecular weight is 287 g/mol. The second kappa shape index (κ2) is 5.76. The third-order valence-electron chi connectivity index (χ3n) is 2.29. The Bertz CT molecular complexity index is 582. The number of nitrogens with one attached hydrogen (secondary N) is 1. The number of nitro groups is 1. The molecule has 1 aromatic carbocycles. The Morgan fingerprint density at radius 2 is 1.89 bits per heavy atom. The number of sulfonamides is 1. The van der Waals surface area contributed by atoms with Crippen LogP contribution in [0, 0.1) is 10.1 Å². The Balaban J connectivity index is 2.65. The summed E-state index contributed by atoms with van der Waals surface area (Å²) in [7, 11) is -2.14. The Kier molecular flexibility index (Phi) is 4.57. The standard InChI is InChI=1S/C10H13N3O5S/c1-12(19(2,17)18)7-10(14)11-8-3-5-9(6-4-8)13(15)16/h3-6H,7H2,1-2H3,(H,11,14). The zero-order valence-electron chi connectivity index (χ0n) is 10.4. The number of carbonyl (C=O) groups excluding carboxylic acids is 1. The summed E-state index contributed by atoms with van der Waals surface area (Å²) >= 11 is 0. The molecule has 0 fully saturated rings. The van der Waals surface area contributed by atoms with E-state index in [1.54, 1.807) is 0 Å². The third kappa shape index (κ3) is 4.64. The Morgan fingerprint density at radius 3 is 2.32 bits per heavy atom. The minimum absolute atomic E-state index is 0.0914. The van der Waals surface area contributed by atoms with Crippen molar-refractivity contribution in [3.05, 3.63) is 34.4 Å². The molecule has 0 aromatic heterocycles. The van der Waals surface area contributed by atoms with Crippen molar-refractivity contribution in [1.29, 1.82) is 0 Å². The van der Waals surface area contributed by atoms with Gasteiger partial charge in [-0.3, -0.25) is 14.9 Å². The van der Waals surface area contributed by atoms with E-state index in [-0.39, 0.29) is 12.2 Å². The second-order valence-electron chi connectivity index (χ2n) is 3.87. The maximum absolute atomic E-state index is 11.5. The lowest BCUT2D eigenvalue weighted by Crippen LogP contribution is -2.34. The second-order valence-corrected chi connectivity index (χ2v) is 5.96. The van der Waals surface area contributed by atoms with Crippen LogP contribution in [0.15, 0.2) is 24.3 Å². The van der Waals surface area contributed by atoms with Gasteiger partial charge in [0, 0.05) is 24.9 Å². The monoisotopic (exact) mass is 287 g/mol. The van der Waals surface area contributed by atoms with Crippen molar-refractivity contribution >= 4 is 27.3 Å². The topological polar surface area (TPSA) is 110 Å². The van der Waals surface area contributed by atoms with Gasteiger partial charge in [-0.1, -0.05) is 0 Å². The zero-order chi connectivity index (χ0) is 14.6. The molecule has 1 N–H and O–H groups in total. The highest BCUT2D eigenvalue weighted by molar-refractivity contribution is 7.88. The van der Waals surface area contributed by atoms with Crippen LogP contribution < -0.4 is 5.32 Å². The van der Waals surface area contributed by atoms with Crippen molar-refractivity contribution in [2.24, 2.45) is 0 Å². The van der Waals surface area contributed by atoms with Crippen LogP contribution in [-0.4, -0.2) is 43.4 Å². The molecule has 9 heteroatoms. The summed E-state index contributed by atoms with van der Waals surface area (Å²) < 4.78 is 23.1. The molecule has 1 rings (SSSR count). The number of nitro benzene ring substituents is 1. The van der Waals surface area contributed by atoms with Crippen molar-refractivity contribution in [3.63, 3.8) is 0 Å². The van der Waals surface area contributed by atoms with E-state index in [1.165, 1.54) is 31.3 Å². The molecule has 0 aliphatic rings. The van der Waals surface area contributed by atoms with E-state index in [9.17, 15) is 23.3 Å². The number of likely N-dealkylation sites (N-methyl/N-ethyl adjacent to an activating group) is 1. The van der Waals surface area contributed by atoms with E-state index in [0.29, 0.717) is 5.69 Å². The zero-order valence-corrected chi connectivity index (χ0v) is 11.2. The van der Waals surface area contributed by atoms with Gasteiger partial charge in [-0.2, -0.15) is 4.31 Å². The lowest BCUT2D eigenvalue weighted by atomic mass is 10.3. The number of anilines is 1. The molecule has 19 heavy (non-hydrogen) atoms. The van der Waals surface area contributed by atoms with Crippen molar-refractivity contribution in [2.45, 2.75) is 0 Å². The van der Waals surface area contributed by atoms with Crippen LogP contribution in [0.5, 0.6) is 0 Å². The van der Waals surface area contributed by atoms with E-state index in [2.05, 4.69) is 5.32 Å². The molecule has 0 radical (unpaired) electrons. The van der Waals surface area contributed by atoms with Crippen LogP contribution >= 0.6 is 0 Å². The van der Waals surface area contributed by atoms with Gasteiger partial charge in [0.05, 0.1) is 17.7 Å². The fourth-order valence-corrected chi connectivity index (χ4v) is 1.54. The van der Waals surface area contributed by atoms with Crippen LogP contribution in [0.4, 0.5) is 11.4 Å². The summed E-state index contributed by atoms with van der Waals surface area (Å²) in [5.74, 6) is -0.526. The number of nitrogens with zero attached hydrogens (tertiary/aromatic N) is 2. The summed E-state index contributed by atoms with van der Waals surface area (Å²) in [6.07, 6.45) is 0.992. The summed E-state index contributed by atoms with van der Waals surface area (Å²) in [4.78, 5) is 21.4. The molecule has 0 aliphatic heterocycles. The van der Waals surface area contributed by atoms with Gasteiger partial charge >= 0.3 is 0 Å². The third-order valence-corrected chi connectivity index (χ3v) is 3.56. The van der Waals surface area contributed by atoms with E-state index in [0.717, 1.165) is 10.6 Å². The Morgan fingerprint density at radius 1 is 1.37 bits per heavy atom. The molecule has 0 heterocycles. The molecule has 0 saturated carbocycles. The van der Waals surface area contributed by atoms with Crippen LogP contribution in [0.1, 0.15) is 0 Å². The predicted octanol–water partition coefficient (Wildman–Crippen LogP) is 0.425. The van der Waals surface area contributed by atoms with Crippen LogP contribution in [0.2, 0.25) is 0 Å². The highest BCUT2D eigenvalue weighted by atomic mass is 32.2. The summed E-state index contributed by atoms with van der Waals surface area (Å²) in [6, 6.07) is 5.23. The molecule has 1 amide bonds. The smallest absolute Gasteiger partial charge is 0.269 e. The first-order valence-electron chi connectivity index (χ1n) is 5.16. The van der Waals surface area contributed by atoms with Crippen LogP contribution in [0.25, 0.3) is 0 Å². The van der Waals surface area contributed by atoms with Crippen molar-refractivity contribution in [1.82, 2.24) is 4.31 Å². The number of hydrogen-bond acceptors (Lipinski definition) is 5. The van der Waals surface area contributed by atoms with Crippen LogP contribution in [-0.2, 0) is 14.8 Å². The fourth-order valence-electron chi connectivity index (χ4n) is 1.19. The van der Waals surface area contributed by atoms with Gasteiger partial charge in [-0.15, -0.1) is 0 Å². The molecule has 104 valence electrons. The maximum atomic E-state index is 11.5. The first-order chi connectivity index (χ1) is 8.70. The molecule has 1 aromatic rings. The molecule has 0 spiro atoms. The van der Waals surface area contributed by atoms with Gasteiger partial charge in [-0.05, 0) is 12.1 Å². The van der Waals surface area contributed by atoms with Gasteiger partial charge in [0.1, 0.15) is 0 Å². The maximum Gasteiger partial charge on any atom is 0.269 e. The van der Waals surface area contributed by atoms with E-state index >= 15 is 0 Å². The lowest BCUT2D eigenvalue weighted by molar-refractivity contribution is -0.384. The first kappa shape index (κ1) is 15.1. The molecule has 0 bridgehead atoms. The Labute approximate surface area is 110 Å². The molecule has 0 atom stereocenters. The normalized spacial score (nSPS) is 11.3. The minimum atomic E-state index is -3.42. The Hall–Kier alpha value is -2.00. The van der Waals surface area contributed by atoms with Gasteiger partial charge in [-0.25, -0.2) is 8.42 Å². The van der Waals surface area contributed by atoms with E-state index < -0.39 is 20.9 Å². The number of hydrogen-bond donors (Lipinski definition) is 1. The molecule has 0 saturated heterocycles. The number of amides is 1. The van der Waals surface area contributed by atoms with Crippen molar-refractivity contribution in [2.75, 3.05) is 25.2 Å². The predicted molar refractivity (Wildman–Crippen MR) is 69.2 cm³/mol. The highest BCUT2D eigenvalue weighted by Crippen LogP contribution is 2.15. The van der Waals surface area contributed by atoms with E-state index in [1.807, 2.05) is 0 Å². The van der Waals surface area contributed by atoms with Gasteiger partial charge in [0.15, 0.2) is 0 Å². The molecule has 0 aliphatic carbocycles. The fraction of sp³-hybridized carbons (Fsp3) is 0.300. The largest absolute Gasteiger partial charge is 0.325 e. The molecule has 0 unspecified atom stereocenters. The van der Waals surface area contributed by atoms with Gasteiger partial charge in [0.25, 0.3) is 5.69 Å². The van der Waals surface area contributed by atoms with Crippen LogP contribution in [0.3, 0.4) is 0 Å². The number of non-ortho nitro benzene ring substituents is 1. The van der Waals surface area contributed by atoms with Gasteiger partial charge in [0.2, 0.25) is 15.9 Å². The van der Waals surface area contributed by atoms with Crippen molar-refractivity contribution in [3.8, 4) is 0 Å². The first-order valence-corrected chi connectivity index (χ1v) is 7.00. The quantitative estimate of drug-likeness (QED) is 0.623. The highest BCUT2D eigenvalue weighted by Gasteiger charge is 2.15. The summed E-state index contributed by atoms with van der Waals surface area (Å²) in [5, 5.41) is 12.9. The average Bonchev–Trinajstić information content (AvgIpc) is 2.28. The van der Waals surface area contributed by atoms with E-state index in [4.69, 9.17) is 0 Å². The minimum Gasteiger partial charge on any atom is -0.325 e. The lowest BCUT2D eigenvalue weighted by Gasteiger charge is -2.13. The van der Waals surface area contributed by atoms with Gasteiger partial charge < -0.3 is 5.32 Å². The SMILES string of the molecule is CN(CC(=O)Nc1ccc([N+](=O)[O-])cc1)S(C)(=O)=O.